The van der Waals surface area contributed by atoms with E-state index in [1.807, 2.05) is 18.2 Å². The molecule has 0 aliphatic carbocycles. The number of carbonyl (C=O) groups is 1. The first kappa shape index (κ1) is 10.7. The Bertz CT molecular complexity index is 335. The van der Waals surface area contributed by atoms with Crippen LogP contribution in [-0.2, 0) is 9.63 Å². The average molecular weight is 212 g/mol. The molecular formula is C10H10ClNO2. The summed E-state index contributed by atoms with van der Waals surface area (Å²) in [6.07, 6.45) is 0.280. The maximum Gasteiger partial charge on any atom is 0.334 e. The molecule has 0 aliphatic heterocycles. The van der Waals surface area contributed by atoms with Gasteiger partial charge in [-0.3, -0.25) is 0 Å². The quantitative estimate of drug-likeness (QED) is 0.438. The summed E-state index contributed by atoms with van der Waals surface area (Å²) >= 11 is 5.78. The zero-order valence-corrected chi connectivity index (χ0v) is 8.49. The van der Waals surface area contributed by atoms with Crippen molar-refractivity contribution in [3.63, 3.8) is 0 Å². The number of halogens is 1. The lowest BCUT2D eigenvalue weighted by atomic mass is 10.2. The van der Waals surface area contributed by atoms with Crippen LogP contribution in [0.5, 0.6) is 0 Å². The number of hydrogen-bond acceptors (Lipinski definition) is 3. The Morgan fingerprint density at radius 3 is 2.64 bits per heavy atom. The molecule has 0 aliphatic rings. The third-order valence-corrected chi connectivity index (χ3v) is 1.82. The molecule has 3 nitrogen and oxygen atoms in total. The van der Waals surface area contributed by atoms with E-state index in [0.717, 1.165) is 5.56 Å². The van der Waals surface area contributed by atoms with Crippen LogP contribution in [0.4, 0.5) is 0 Å². The predicted molar refractivity (Wildman–Crippen MR) is 55.2 cm³/mol. The Morgan fingerprint density at radius 2 is 2.07 bits per heavy atom. The van der Waals surface area contributed by atoms with E-state index in [2.05, 4.69) is 9.99 Å². The Hall–Kier alpha value is -1.35. The van der Waals surface area contributed by atoms with Crippen molar-refractivity contribution in [2.45, 2.75) is 13.3 Å². The molecule has 1 aromatic carbocycles. The highest BCUT2D eigenvalue weighted by Crippen LogP contribution is 2.05. The van der Waals surface area contributed by atoms with Gasteiger partial charge in [-0.2, -0.15) is 0 Å². The van der Waals surface area contributed by atoms with Gasteiger partial charge in [0.1, 0.15) is 0 Å². The van der Waals surface area contributed by atoms with Crippen molar-refractivity contribution in [2.75, 3.05) is 0 Å². The van der Waals surface area contributed by atoms with Crippen LogP contribution >= 0.6 is 11.6 Å². The van der Waals surface area contributed by atoms with Crippen LogP contribution in [0.1, 0.15) is 18.9 Å². The van der Waals surface area contributed by atoms with E-state index in [0.29, 0.717) is 0 Å². The van der Waals surface area contributed by atoms with E-state index in [-0.39, 0.29) is 11.6 Å². The van der Waals surface area contributed by atoms with Gasteiger partial charge in [-0.25, -0.2) is 4.79 Å². The van der Waals surface area contributed by atoms with Crippen LogP contribution in [0.15, 0.2) is 35.5 Å². The molecule has 4 heteroatoms. The summed E-state index contributed by atoms with van der Waals surface area (Å²) < 4.78 is 0. The minimum absolute atomic E-state index is 0.174. The van der Waals surface area contributed by atoms with Gasteiger partial charge in [-0.1, -0.05) is 54.0 Å². The third-order valence-electron chi connectivity index (χ3n) is 1.53. The molecular weight excluding hydrogens is 202 g/mol. The lowest BCUT2D eigenvalue weighted by Gasteiger charge is -1.97. The highest BCUT2D eigenvalue weighted by molar-refractivity contribution is 6.69. The summed E-state index contributed by atoms with van der Waals surface area (Å²) in [5, 5.41) is 3.67. The molecule has 0 heterocycles. The Labute approximate surface area is 87.3 Å². The van der Waals surface area contributed by atoms with Crippen molar-refractivity contribution < 1.29 is 9.63 Å². The largest absolute Gasteiger partial charge is 0.334 e. The Kier molecular flexibility index (Phi) is 4.13. The van der Waals surface area contributed by atoms with Crippen LogP contribution in [-0.4, -0.2) is 11.1 Å². The van der Waals surface area contributed by atoms with Gasteiger partial charge < -0.3 is 4.84 Å². The van der Waals surface area contributed by atoms with Crippen molar-refractivity contribution >= 4 is 22.7 Å². The standard InChI is InChI=1S/C10H10ClNO2/c1-2-9(13)14-12-10(11)8-6-4-3-5-7-8/h3-7H,2H2,1H3. The maximum atomic E-state index is 10.8. The van der Waals surface area contributed by atoms with Gasteiger partial charge in [0.15, 0.2) is 5.17 Å². The molecule has 14 heavy (non-hydrogen) atoms. The number of nitrogens with zero attached hydrogens (tertiary/aromatic N) is 1. The summed E-state index contributed by atoms with van der Waals surface area (Å²) in [5.41, 5.74) is 0.720. The summed E-state index contributed by atoms with van der Waals surface area (Å²) in [6, 6.07) is 9.09. The van der Waals surface area contributed by atoms with Crippen molar-refractivity contribution in [1.29, 1.82) is 0 Å². The smallest absolute Gasteiger partial charge is 0.317 e. The minimum Gasteiger partial charge on any atom is -0.317 e. The van der Waals surface area contributed by atoms with E-state index in [1.165, 1.54) is 0 Å². The summed E-state index contributed by atoms with van der Waals surface area (Å²) in [6.45, 7) is 1.69. The first-order valence-electron chi connectivity index (χ1n) is 4.22. The van der Waals surface area contributed by atoms with E-state index >= 15 is 0 Å². The van der Waals surface area contributed by atoms with Gasteiger partial charge in [0.25, 0.3) is 0 Å². The van der Waals surface area contributed by atoms with E-state index in [9.17, 15) is 4.79 Å². The fourth-order valence-corrected chi connectivity index (χ4v) is 0.944. The number of oxime groups is 1. The average Bonchev–Trinajstić information content (AvgIpc) is 2.26. The van der Waals surface area contributed by atoms with Crippen LogP contribution in [0.2, 0.25) is 0 Å². The van der Waals surface area contributed by atoms with Crippen LogP contribution in [0.3, 0.4) is 0 Å². The normalized spacial score (nSPS) is 11.1. The summed E-state index contributed by atoms with van der Waals surface area (Å²) in [5.74, 6) is -0.404. The van der Waals surface area contributed by atoms with Crippen molar-refractivity contribution in [3.8, 4) is 0 Å². The van der Waals surface area contributed by atoms with E-state index in [1.54, 1.807) is 19.1 Å². The maximum absolute atomic E-state index is 10.8. The van der Waals surface area contributed by atoms with Crippen LogP contribution < -0.4 is 0 Å². The number of carbonyl (C=O) groups excluding carboxylic acids is 1. The number of hydrogen-bond donors (Lipinski definition) is 0. The molecule has 0 bridgehead atoms. The number of benzene rings is 1. The summed E-state index contributed by atoms with van der Waals surface area (Å²) in [7, 11) is 0. The first-order valence-corrected chi connectivity index (χ1v) is 4.60. The van der Waals surface area contributed by atoms with Gasteiger partial charge in [0.05, 0.1) is 0 Å². The van der Waals surface area contributed by atoms with Gasteiger partial charge in [-0.05, 0) is 0 Å². The van der Waals surface area contributed by atoms with Gasteiger partial charge >= 0.3 is 5.97 Å². The molecule has 0 amide bonds. The zero-order chi connectivity index (χ0) is 10.4. The highest BCUT2D eigenvalue weighted by atomic mass is 35.5. The fraction of sp³-hybridized carbons (Fsp3) is 0.200. The second kappa shape index (κ2) is 5.40. The molecule has 74 valence electrons. The van der Waals surface area contributed by atoms with Crippen molar-refractivity contribution in [3.05, 3.63) is 35.9 Å². The first-order chi connectivity index (χ1) is 6.74. The topological polar surface area (TPSA) is 38.7 Å². The number of rotatable bonds is 3. The molecule has 0 radical (unpaired) electrons. The van der Waals surface area contributed by atoms with Gasteiger partial charge in [0.2, 0.25) is 0 Å². The zero-order valence-electron chi connectivity index (χ0n) is 7.74. The molecule has 1 rings (SSSR count). The van der Waals surface area contributed by atoms with Gasteiger partial charge in [0, 0.05) is 12.0 Å². The molecule has 0 saturated heterocycles. The Balaban J connectivity index is 2.66. The third kappa shape index (κ3) is 3.18. The molecule has 0 unspecified atom stereocenters. The van der Waals surface area contributed by atoms with E-state index < -0.39 is 5.97 Å². The minimum atomic E-state index is -0.404. The summed E-state index contributed by atoms with van der Waals surface area (Å²) in [4.78, 5) is 15.3. The lowest BCUT2D eigenvalue weighted by molar-refractivity contribution is -0.143. The van der Waals surface area contributed by atoms with E-state index in [4.69, 9.17) is 11.6 Å². The van der Waals surface area contributed by atoms with Crippen LogP contribution in [0, 0.1) is 0 Å². The highest BCUT2D eigenvalue weighted by Gasteiger charge is 2.01. The SMILES string of the molecule is CCC(=O)ON=C(Cl)c1ccccc1. The molecule has 0 spiro atoms. The molecule has 0 atom stereocenters. The molecule has 0 fully saturated rings. The van der Waals surface area contributed by atoms with Crippen molar-refractivity contribution in [1.82, 2.24) is 0 Å². The molecule has 0 aromatic heterocycles. The fourth-order valence-electron chi connectivity index (χ4n) is 0.784. The van der Waals surface area contributed by atoms with Crippen molar-refractivity contribution in [2.24, 2.45) is 5.16 Å². The predicted octanol–water partition coefficient (Wildman–Crippen LogP) is 2.54. The van der Waals surface area contributed by atoms with Gasteiger partial charge in [-0.15, -0.1) is 0 Å². The second-order valence-electron chi connectivity index (χ2n) is 2.56. The van der Waals surface area contributed by atoms with Crippen LogP contribution in [0.25, 0.3) is 0 Å². The second-order valence-corrected chi connectivity index (χ2v) is 2.92. The Morgan fingerprint density at radius 1 is 1.43 bits per heavy atom. The monoisotopic (exact) mass is 211 g/mol. The molecule has 0 N–H and O–H groups in total. The molecule has 1 aromatic rings. The lowest BCUT2D eigenvalue weighted by Crippen LogP contribution is -1.99. The molecule has 0 saturated carbocycles.